The van der Waals surface area contributed by atoms with Crippen molar-refractivity contribution in [2.45, 2.75) is 19.9 Å². The van der Waals surface area contributed by atoms with Gasteiger partial charge in [-0.1, -0.05) is 17.2 Å². The molecule has 13 heavy (non-hydrogen) atoms. The molecule has 0 aliphatic carbocycles. The van der Waals surface area contributed by atoms with Gasteiger partial charge in [-0.05, 0) is 13.3 Å². The number of aryl methyl sites for hydroxylation is 1. The van der Waals surface area contributed by atoms with Gasteiger partial charge in [0.1, 0.15) is 5.15 Å². The predicted octanol–water partition coefficient (Wildman–Crippen LogP) is 1.86. The fraction of sp³-hybridized carbons (Fsp3) is 0.333. The first kappa shape index (κ1) is 9.99. The summed E-state index contributed by atoms with van der Waals surface area (Å²) in [4.78, 5) is 15.1. The summed E-state index contributed by atoms with van der Waals surface area (Å²) < 4.78 is 1.51. The largest absolute Gasteiger partial charge is 0.299 e. The summed E-state index contributed by atoms with van der Waals surface area (Å²) in [5, 5.41) is 0.233. The minimum Gasteiger partial charge on any atom is -0.299 e. The zero-order valence-electron chi connectivity index (χ0n) is 7.46. The van der Waals surface area contributed by atoms with Gasteiger partial charge in [0.15, 0.2) is 0 Å². The number of aromatic nitrogens is 2. The van der Waals surface area contributed by atoms with Gasteiger partial charge in [0.25, 0.3) is 5.56 Å². The summed E-state index contributed by atoms with van der Waals surface area (Å²) in [6, 6.07) is 1.31. The first-order valence-corrected chi connectivity index (χ1v) is 4.34. The Labute approximate surface area is 81.7 Å². The maximum atomic E-state index is 11.3. The van der Waals surface area contributed by atoms with E-state index in [1.165, 1.54) is 17.0 Å². The molecule has 0 aliphatic rings. The first-order chi connectivity index (χ1) is 6.09. The average molecular weight is 199 g/mol. The van der Waals surface area contributed by atoms with Gasteiger partial charge in [-0.2, -0.15) is 0 Å². The van der Waals surface area contributed by atoms with Crippen LogP contribution in [0.3, 0.4) is 0 Å². The second-order valence-corrected chi connectivity index (χ2v) is 3.34. The molecule has 3 nitrogen and oxygen atoms in total. The summed E-state index contributed by atoms with van der Waals surface area (Å²) in [6.07, 6.45) is 2.23. The molecule has 0 amide bonds. The number of nitrogens with zero attached hydrogens (tertiary/aromatic N) is 2. The van der Waals surface area contributed by atoms with E-state index >= 15 is 0 Å². The molecule has 1 heterocycles. The van der Waals surface area contributed by atoms with Gasteiger partial charge in [0.2, 0.25) is 0 Å². The summed E-state index contributed by atoms with van der Waals surface area (Å²) >= 11 is 5.54. The normalized spacial score (nSPS) is 10.0. The predicted molar refractivity (Wildman–Crippen MR) is 52.9 cm³/mol. The third kappa shape index (κ3) is 3.03. The summed E-state index contributed by atoms with van der Waals surface area (Å²) in [7, 11) is 0. The van der Waals surface area contributed by atoms with Gasteiger partial charge < -0.3 is 0 Å². The van der Waals surface area contributed by atoms with Crippen LogP contribution < -0.4 is 5.56 Å². The highest BCUT2D eigenvalue weighted by atomic mass is 35.5. The Hall–Kier alpha value is -1.09. The van der Waals surface area contributed by atoms with E-state index in [4.69, 9.17) is 11.6 Å². The van der Waals surface area contributed by atoms with Gasteiger partial charge >= 0.3 is 0 Å². The number of allylic oxidation sites excluding steroid dienone is 1. The maximum absolute atomic E-state index is 11.3. The molecule has 0 saturated carbocycles. The van der Waals surface area contributed by atoms with Crippen molar-refractivity contribution < 1.29 is 0 Å². The Morgan fingerprint density at radius 1 is 1.77 bits per heavy atom. The van der Waals surface area contributed by atoms with Crippen molar-refractivity contribution in [2.24, 2.45) is 0 Å². The smallest absolute Gasteiger partial charge is 0.254 e. The van der Waals surface area contributed by atoms with Crippen molar-refractivity contribution in [3.8, 4) is 0 Å². The molecule has 0 N–H and O–H groups in total. The van der Waals surface area contributed by atoms with E-state index in [-0.39, 0.29) is 10.7 Å². The molecular formula is C9H11ClN2O. The van der Waals surface area contributed by atoms with Crippen LogP contribution in [0, 0.1) is 0 Å². The van der Waals surface area contributed by atoms with Crippen molar-refractivity contribution in [3.63, 3.8) is 0 Å². The second-order valence-electron chi connectivity index (χ2n) is 2.95. The fourth-order valence-corrected chi connectivity index (χ4v) is 1.02. The maximum Gasteiger partial charge on any atom is 0.254 e. The van der Waals surface area contributed by atoms with Crippen LogP contribution in [0.1, 0.15) is 13.3 Å². The van der Waals surface area contributed by atoms with E-state index in [1.807, 2.05) is 6.92 Å². The molecule has 0 aliphatic heterocycles. The number of rotatable bonds is 3. The lowest BCUT2D eigenvalue weighted by atomic mass is 10.2. The minimum absolute atomic E-state index is 0.124. The van der Waals surface area contributed by atoms with Crippen LogP contribution in [0.2, 0.25) is 5.15 Å². The Bertz CT molecular complexity index is 370. The van der Waals surface area contributed by atoms with Gasteiger partial charge in [-0.25, -0.2) is 4.98 Å². The van der Waals surface area contributed by atoms with Crippen molar-refractivity contribution in [1.82, 2.24) is 9.55 Å². The molecule has 0 bridgehead atoms. The van der Waals surface area contributed by atoms with Crippen molar-refractivity contribution in [2.75, 3.05) is 0 Å². The highest BCUT2D eigenvalue weighted by Gasteiger charge is 1.97. The fourth-order valence-electron chi connectivity index (χ4n) is 0.883. The van der Waals surface area contributed by atoms with E-state index in [9.17, 15) is 4.79 Å². The molecule has 0 unspecified atom stereocenters. The van der Waals surface area contributed by atoms with Crippen LogP contribution in [-0.2, 0) is 6.54 Å². The monoisotopic (exact) mass is 198 g/mol. The van der Waals surface area contributed by atoms with E-state index in [0.717, 1.165) is 12.0 Å². The van der Waals surface area contributed by atoms with Crippen LogP contribution in [0.5, 0.6) is 0 Å². The molecule has 70 valence electrons. The standard InChI is InChI=1S/C9H11ClN2O/c1-7(2)3-4-12-6-11-8(10)5-9(12)13/h5-6H,1,3-4H2,2H3. The van der Waals surface area contributed by atoms with Crippen LogP contribution in [0.4, 0.5) is 0 Å². The van der Waals surface area contributed by atoms with E-state index in [0.29, 0.717) is 6.54 Å². The number of hydrogen-bond acceptors (Lipinski definition) is 2. The van der Waals surface area contributed by atoms with Crippen LogP contribution in [0.25, 0.3) is 0 Å². The quantitative estimate of drug-likeness (QED) is 0.549. The van der Waals surface area contributed by atoms with E-state index in [1.54, 1.807) is 0 Å². The third-order valence-corrected chi connectivity index (χ3v) is 1.83. The molecule has 1 aromatic heterocycles. The highest BCUT2D eigenvalue weighted by molar-refractivity contribution is 6.29. The van der Waals surface area contributed by atoms with E-state index < -0.39 is 0 Å². The highest BCUT2D eigenvalue weighted by Crippen LogP contribution is 1.99. The Balaban J connectivity index is 2.78. The zero-order valence-corrected chi connectivity index (χ0v) is 8.21. The van der Waals surface area contributed by atoms with Crippen LogP contribution in [-0.4, -0.2) is 9.55 Å². The first-order valence-electron chi connectivity index (χ1n) is 3.96. The van der Waals surface area contributed by atoms with Crippen molar-refractivity contribution in [1.29, 1.82) is 0 Å². The lowest BCUT2D eigenvalue weighted by molar-refractivity contribution is 0.652. The lowest BCUT2D eigenvalue weighted by Gasteiger charge is -2.03. The molecular weight excluding hydrogens is 188 g/mol. The Morgan fingerprint density at radius 2 is 2.46 bits per heavy atom. The summed E-state index contributed by atoms with van der Waals surface area (Å²) in [5.74, 6) is 0. The minimum atomic E-state index is -0.124. The van der Waals surface area contributed by atoms with Crippen LogP contribution >= 0.6 is 11.6 Å². The Morgan fingerprint density at radius 3 is 3.00 bits per heavy atom. The van der Waals surface area contributed by atoms with Crippen molar-refractivity contribution >= 4 is 11.6 Å². The molecule has 0 saturated heterocycles. The topological polar surface area (TPSA) is 34.9 Å². The molecule has 0 atom stereocenters. The molecule has 1 aromatic rings. The Kier molecular flexibility index (Phi) is 3.25. The van der Waals surface area contributed by atoms with Crippen molar-refractivity contribution in [3.05, 3.63) is 40.1 Å². The zero-order chi connectivity index (χ0) is 9.84. The third-order valence-electron chi connectivity index (χ3n) is 1.63. The van der Waals surface area contributed by atoms with Gasteiger partial charge in [-0.15, -0.1) is 6.58 Å². The molecule has 1 rings (SSSR count). The lowest BCUT2D eigenvalue weighted by Crippen LogP contribution is -2.19. The molecule has 0 aromatic carbocycles. The molecule has 0 radical (unpaired) electrons. The molecule has 0 fully saturated rings. The molecule has 4 heteroatoms. The number of hydrogen-bond donors (Lipinski definition) is 0. The summed E-state index contributed by atoms with van der Waals surface area (Å²) in [6.45, 7) is 6.29. The van der Waals surface area contributed by atoms with Gasteiger partial charge in [0, 0.05) is 12.6 Å². The average Bonchev–Trinajstić information content (AvgIpc) is 2.02. The second kappa shape index (κ2) is 4.23. The van der Waals surface area contributed by atoms with E-state index in [2.05, 4.69) is 11.6 Å². The molecule has 0 spiro atoms. The number of halogens is 1. The summed E-state index contributed by atoms with van der Waals surface area (Å²) in [5.41, 5.74) is 0.920. The van der Waals surface area contributed by atoms with Gasteiger partial charge in [0.05, 0.1) is 6.33 Å². The van der Waals surface area contributed by atoms with Gasteiger partial charge in [-0.3, -0.25) is 9.36 Å². The van der Waals surface area contributed by atoms with Crippen LogP contribution in [0.15, 0.2) is 29.3 Å². The SMILES string of the molecule is C=C(C)CCn1cnc(Cl)cc1=O.